The van der Waals surface area contributed by atoms with Gasteiger partial charge >= 0.3 is 0 Å². The second-order valence-corrected chi connectivity index (χ2v) is 12.4. The first kappa shape index (κ1) is 37.2. The van der Waals surface area contributed by atoms with Crippen molar-refractivity contribution in [3.8, 4) is 23.0 Å². The van der Waals surface area contributed by atoms with E-state index >= 15 is 0 Å². The van der Waals surface area contributed by atoms with Crippen LogP contribution in [0.15, 0.2) is 158 Å². The van der Waals surface area contributed by atoms with Crippen LogP contribution in [0.1, 0.15) is 43.0 Å². The topological polar surface area (TPSA) is 115 Å². The summed E-state index contributed by atoms with van der Waals surface area (Å²) < 4.78 is 24.7. The molecule has 6 rings (SSSR count). The summed E-state index contributed by atoms with van der Waals surface area (Å²) in [6, 6.07) is 48.0. The van der Waals surface area contributed by atoms with Crippen molar-refractivity contribution in [2.24, 2.45) is 0 Å². The summed E-state index contributed by atoms with van der Waals surface area (Å²) >= 11 is 0. The van der Waals surface area contributed by atoms with Crippen LogP contribution in [0.3, 0.4) is 0 Å². The number of para-hydroxylation sites is 2. The molecule has 3 N–H and O–H groups in total. The van der Waals surface area contributed by atoms with Gasteiger partial charge in [-0.1, -0.05) is 133 Å². The number of carbonyl (C=O) groups excluding carboxylic acids is 2. The molecule has 0 aliphatic carbocycles. The number of benzene rings is 6. The number of rotatable bonds is 18. The monoisotopic (exact) mass is 722 g/mol. The summed E-state index contributed by atoms with van der Waals surface area (Å²) in [6.45, 7) is 0.461. The van der Waals surface area contributed by atoms with Crippen LogP contribution >= 0.6 is 0 Å². The molecule has 0 heterocycles. The molecule has 6 aromatic carbocycles. The van der Waals surface area contributed by atoms with Crippen molar-refractivity contribution < 1.29 is 33.6 Å². The largest absolute Gasteiger partial charge is 0.485 e. The predicted molar refractivity (Wildman–Crippen MR) is 207 cm³/mol. The number of nitrogens with one attached hydrogen (secondary N) is 2. The molecule has 9 nitrogen and oxygen atoms in total. The van der Waals surface area contributed by atoms with Crippen molar-refractivity contribution in [1.82, 2.24) is 10.6 Å². The Balaban J connectivity index is 1.16. The Kier molecular flexibility index (Phi) is 13.3. The van der Waals surface area contributed by atoms with Gasteiger partial charge in [-0.15, -0.1) is 0 Å². The van der Waals surface area contributed by atoms with Crippen LogP contribution in [-0.2, 0) is 26.4 Å². The summed E-state index contributed by atoms with van der Waals surface area (Å²) in [5, 5.41) is 16.0. The Morgan fingerprint density at radius 1 is 0.463 bits per heavy atom. The minimum atomic E-state index is -0.830. The number of aliphatic hydroxyl groups excluding tert-OH is 1. The number of hydrogen-bond donors (Lipinski definition) is 3. The molecule has 0 radical (unpaired) electrons. The van der Waals surface area contributed by atoms with E-state index in [1.54, 1.807) is 36.4 Å². The van der Waals surface area contributed by atoms with Gasteiger partial charge in [-0.05, 0) is 46.5 Å². The third-order valence-electron chi connectivity index (χ3n) is 8.44. The molecule has 54 heavy (non-hydrogen) atoms. The second kappa shape index (κ2) is 19.3. The van der Waals surface area contributed by atoms with E-state index in [0.29, 0.717) is 11.5 Å². The van der Waals surface area contributed by atoms with E-state index < -0.39 is 24.5 Å². The van der Waals surface area contributed by atoms with Crippen LogP contribution in [0.5, 0.6) is 23.0 Å². The van der Waals surface area contributed by atoms with Gasteiger partial charge in [0.1, 0.15) is 26.4 Å². The van der Waals surface area contributed by atoms with E-state index in [4.69, 9.17) is 18.9 Å². The SMILES string of the molecule is O=C(NC[C@H](CO)NC(=O)c1cccc(OCc2ccccc2)c1OCc1ccccc1)c1cccc(OCc2ccccc2)c1OCc1ccccc1. The van der Waals surface area contributed by atoms with E-state index in [-0.39, 0.29) is 55.6 Å². The van der Waals surface area contributed by atoms with Gasteiger partial charge in [0.15, 0.2) is 23.0 Å². The molecule has 0 unspecified atom stereocenters. The minimum Gasteiger partial charge on any atom is -0.485 e. The van der Waals surface area contributed by atoms with Gasteiger partial charge in [-0.3, -0.25) is 9.59 Å². The standard InChI is InChI=1S/C45H42N2O7/c48-28-37(47-45(50)39-24-14-26-41(52-30-34-17-7-2-8-18-34)43(39)54-32-36-21-11-4-12-22-36)27-46-44(49)38-23-13-25-40(51-29-33-15-5-1-6-16-33)42(38)53-31-35-19-9-3-10-20-35/h1-26,37,48H,27-32H2,(H,46,49)(H,47,50)/t37-/m1/s1. The van der Waals surface area contributed by atoms with E-state index in [1.807, 2.05) is 121 Å². The molecule has 0 aliphatic heterocycles. The van der Waals surface area contributed by atoms with Crippen molar-refractivity contribution in [2.75, 3.05) is 13.2 Å². The van der Waals surface area contributed by atoms with E-state index in [0.717, 1.165) is 22.3 Å². The molecule has 2 amide bonds. The summed E-state index contributed by atoms with van der Waals surface area (Å²) in [5.41, 5.74) is 4.23. The van der Waals surface area contributed by atoms with Crippen molar-refractivity contribution in [3.05, 3.63) is 191 Å². The highest BCUT2D eigenvalue weighted by atomic mass is 16.5. The highest BCUT2D eigenvalue weighted by molar-refractivity contribution is 5.99. The Hall–Kier alpha value is -6.58. The van der Waals surface area contributed by atoms with Gasteiger partial charge in [-0.25, -0.2) is 0 Å². The normalized spacial score (nSPS) is 11.2. The first-order chi connectivity index (χ1) is 26.6. The molecule has 0 aliphatic rings. The third kappa shape index (κ3) is 10.5. The Labute approximate surface area is 315 Å². The zero-order chi connectivity index (χ0) is 37.4. The molecule has 1 atom stereocenters. The second-order valence-electron chi connectivity index (χ2n) is 12.4. The van der Waals surface area contributed by atoms with Crippen LogP contribution in [-0.4, -0.2) is 36.1 Å². The van der Waals surface area contributed by atoms with Gasteiger partial charge in [0.25, 0.3) is 11.8 Å². The molecule has 274 valence electrons. The number of carbonyl (C=O) groups is 2. The highest BCUT2D eigenvalue weighted by Crippen LogP contribution is 2.34. The highest BCUT2D eigenvalue weighted by Gasteiger charge is 2.23. The van der Waals surface area contributed by atoms with Gasteiger partial charge in [0.05, 0.1) is 23.8 Å². The molecular weight excluding hydrogens is 681 g/mol. The number of aliphatic hydroxyl groups is 1. The van der Waals surface area contributed by atoms with Crippen LogP contribution in [0.25, 0.3) is 0 Å². The smallest absolute Gasteiger partial charge is 0.255 e. The minimum absolute atomic E-state index is 0.0707. The predicted octanol–water partition coefficient (Wildman–Crippen LogP) is 7.52. The average molecular weight is 723 g/mol. The van der Waals surface area contributed by atoms with Crippen LogP contribution in [0.4, 0.5) is 0 Å². The van der Waals surface area contributed by atoms with E-state index in [1.165, 1.54) is 0 Å². The van der Waals surface area contributed by atoms with Gasteiger partial charge in [0.2, 0.25) is 0 Å². The number of hydrogen-bond acceptors (Lipinski definition) is 7. The lowest BCUT2D eigenvalue weighted by molar-refractivity contribution is 0.0881. The summed E-state index contributed by atoms with van der Waals surface area (Å²) in [5.74, 6) is 0.397. The first-order valence-corrected chi connectivity index (χ1v) is 17.7. The molecule has 0 saturated heterocycles. The lowest BCUT2D eigenvalue weighted by Gasteiger charge is -2.21. The molecule has 0 aromatic heterocycles. The Bertz CT molecular complexity index is 2080. The third-order valence-corrected chi connectivity index (χ3v) is 8.44. The van der Waals surface area contributed by atoms with Gasteiger partial charge < -0.3 is 34.7 Å². The molecule has 6 aromatic rings. The summed E-state index contributed by atoms with van der Waals surface area (Å²) in [6.07, 6.45) is 0. The molecule has 0 fully saturated rings. The van der Waals surface area contributed by atoms with Crippen molar-refractivity contribution in [1.29, 1.82) is 0 Å². The first-order valence-electron chi connectivity index (χ1n) is 17.7. The molecule has 0 saturated carbocycles. The zero-order valence-electron chi connectivity index (χ0n) is 29.7. The van der Waals surface area contributed by atoms with Gasteiger partial charge in [-0.2, -0.15) is 0 Å². The van der Waals surface area contributed by atoms with Gasteiger partial charge in [0, 0.05) is 6.54 Å². The fourth-order valence-corrected chi connectivity index (χ4v) is 5.58. The lowest BCUT2D eigenvalue weighted by Crippen LogP contribution is -2.46. The number of amides is 2. The molecule has 9 heteroatoms. The average Bonchev–Trinajstić information content (AvgIpc) is 3.23. The Morgan fingerprint density at radius 3 is 1.22 bits per heavy atom. The van der Waals surface area contributed by atoms with Crippen molar-refractivity contribution in [3.63, 3.8) is 0 Å². The Morgan fingerprint density at radius 2 is 0.833 bits per heavy atom. The van der Waals surface area contributed by atoms with Crippen LogP contribution in [0, 0.1) is 0 Å². The quantitative estimate of drug-likeness (QED) is 0.0841. The lowest BCUT2D eigenvalue weighted by atomic mass is 10.1. The summed E-state index contributed by atoms with van der Waals surface area (Å²) in [7, 11) is 0. The van der Waals surface area contributed by atoms with Crippen LogP contribution in [0.2, 0.25) is 0 Å². The maximum absolute atomic E-state index is 13.8. The van der Waals surface area contributed by atoms with E-state index in [2.05, 4.69) is 10.6 Å². The van der Waals surface area contributed by atoms with Crippen LogP contribution < -0.4 is 29.6 Å². The maximum atomic E-state index is 13.8. The van der Waals surface area contributed by atoms with Crippen molar-refractivity contribution >= 4 is 11.8 Å². The molecule has 0 spiro atoms. The van der Waals surface area contributed by atoms with Crippen molar-refractivity contribution in [2.45, 2.75) is 32.5 Å². The van der Waals surface area contributed by atoms with E-state index in [9.17, 15) is 14.7 Å². The fraction of sp³-hybridized carbons (Fsp3) is 0.156. The fourth-order valence-electron chi connectivity index (χ4n) is 5.58. The zero-order valence-corrected chi connectivity index (χ0v) is 29.7. The number of ether oxygens (including phenoxy) is 4. The molecule has 0 bridgehead atoms. The summed E-state index contributed by atoms with van der Waals surface area (Å²) in [4.78, 5) is 27.5. The molecular formula is C45H42N2O7. The maximum Gasteiger partial charge on any atom is 0.255 e.